The first kappa shape index (κ1) is 14.8. The van der Waals surface area contributed by atoms with Crippen LogP contribution in [-0.2, 0) is 11.3 Å². The third-order valence-corrected chi connectivity index (χ3v) is 6.38. The van der Waals surface area contributed by atoms with Crippen LogP contribution in [0.3, 0.4) is 0 Å². The molecule has 19 heavy (non-hydrogen) atoms. The van der Waals surface area contributed by atoms with Crippen molar-refractivity contribution in [2.45, 2.75) is 65.0 Å². The van der Waals surface area contributed by atoms with Crippen LogP contribution in [0.2, 0.25) is 19.6 Å². The molecule has 1 saturated carbocycles. The Morgan fingerprint density at radius 1 is 1.05 bits per heavy atom. The van der Waals surface area contributed by atoms with E-state index < -0.39 is 8.07 Å². The standard InChI is InChI=1S/C17H28OSi/c1-14-7-5-6-8-17(14)18-13-15-9-11-16(12-10-15)19(2,3)4/h9-12,14,17H,5-8,13H2,1-4H3. The number of hydrogen-bond acceptors (Lipinski definition) is 1. The van der Waals surface area contributed by atoms with Gasteiger partial charge in [0.15, 0.2) is 0 Å². The Bertz CT molecular complexity index is 391. The molecule has 1 nitrogen and oxygen atoms in total. The van der Waals surface area contributed by atoms with Gasteiger partial charge in [-0.3, -0.25) is 0 Å². The first-order chi connectivity index (χ1) is 8.97. The Morgan fingerprint density at radius 2 is 1.68 bits per heavy atom. The highest BCUT2D eigenvalue weighted by molar-refractivity contribution is 6.88. The van der Waals surface area contributed by atoms with E-state index in [2.05, 4.69) is 50.8 Å². The summed E-state index contributed by atoms with van der Waals surface area (Å²) < 4.78 is 6.12. The summed E-state index contributed by atoms with van der Waals surface area (Å²) in [5.41, 5.74) is 1.32. The summed E-state index contributed by atoms with van der Waals surface area (Å²) in [7, 11) is -1.16. The van der Waals surface area contributed by atoms with Crippen LogP contribution in [0.25, 0.3) is 0 Å². The molecule has 1 aromatic rings. The van der Waals surface area contributed by atoms with Crippen molar-refractivity contribution >= 4 is 13.3 Å². The molecule has 0 aromatic heterocycles. The largest absolute Gasteiger partial charge is 0.373 e. The Labute approximate surface area is 119 Å². The highest BCUT2D eigenvalue weighted by Gasteiger charge is 2.21. The predicted molar refractivity (Wildman–Crippen MR) is 85.6 cm³/mol. The van der Waals surface area contributed by atoms with Crippen LogP contribution >= 0.6 is 0 Å². The third kappa shape index (κ3) is 4.18. The fraction of sp³-hybridized carbons (Fsp3) is 0.647. The van der Waals surface area contributed by atoms with E-state index in [4.69, 9.17) is 4.74 Å². The molecule has 1 fully saturated rings. The normalized spacial score (nSPS) is 24.4. The van der Waals surface area contributed by atoms with Gasteiger partial charge in [0, 0.05) is 0 Å². The lowest BCUT2D eigenvalue weighted by atomic mass is 9.88. The van der Waals surface area contributed by atoms with Crippen LogP contribution in [0.4, 0.5) is 0 Å². The average Bonchev–Trinajstić information content (AvgIpc) is 2.37. The maximum atomic E-state index is 6.12. The summed E-state index contributed by atoms with van der Waals surface area (Å²) in [6, 6.07) is 9.10. The Morgan fingerprint density at radius 3 is 2.26 bits per heavy atom. The van der Waals surface area contributed by atoms with Crippen LogP contribution in [0.5, 0.6) is 0 Å². The highest BCUT2D eigenvalue weighted by atomic mass is 28.3. The molecular formula is C17H28OSi. The third-order valence-electron chi connectivity index (χ3n) is 4.32. The van der Waals surface area contributed by atoms with Crippen molar-refractivity contribution in [2.75, 3.05) is 0 Å². The van der Waals surface area contributed by atoms with E-state index in [9.17, 15) is 0 Å². The molecule has 1 aromatic carbocycles. The Kier molecular flexibility index (Phi) is 4.85. The van der Waals surface area contributed by atoms with Gasteiger partial charge in [0.2, 0.25) is 0 Å². The summed E-state index contributed by atoms with van der Waals surface area (Å²) in [4.78, 5) is 0. The van der Waals surface area contributed by atoms with Crippen LogP contribution < -0.4 is 5.19 Å². The van der Waals surface area contributed by atoms with Gasteiger partial charge < -0.3 is 4.74 Å². The van der Waals surface area contributed by atoms with E-state index in [0.717, 1.165) is 12.5 Å². The molecule has 0 aliphatic heterocycles. The van der Waals surface area contributed by atoms with E-state index in [0.29, 0.717) is 6.10 Å². The molecule has 2 unspecified atom stereocenters. The van der Waals surface area contributed by atoms with Crippen molar-refractivity contribution in [3.05, 3.63) is 29.8 Å². The monoisotopic (exact) mass is 276 g/mol. The molecule has 2 atom stereocenters. The van der Waals surface area contributed by atoms with Gasteiger partial charge >= 0.3 is 0 Å². The zero-order valence-corrected chi connectivity index (χ0v) is 13.9. The average molecular weight is 276 g/mol. The van der Waals surface area contributed by atoms with Gasteiger partial charge in [-0.25, -0.2) is 0 Å². The van der Waals surface area contributed by atoms with Gasteiger partial charge in [-0.1, -0.05) is 68.9 Å². The van der Waals surface area contributed by atoms with Gasteiger partial charge in [-0.15, -0.1) is 0 Å². The van der Waals surface area contributed by atoms with Gasteiger partial charge in [-0.05, 0) is 24.3 Å². The lowest BCUT2D eigenvalue weighted by molar-refractivity contribution is -0.0154. The van der Waals surface area contributed by atoms with Crippen LogP contribution in [0, 0.1) is 5.92 Å². The summed E-state index contributed by atoms with van der Waals surface area (Å²) in [5.74, 6) is 0.731. The first-order valence-electron chi connectivity index (χ1n) is 7.68. The Balaban J connectivity index is 1.89. The van der Waals surface area contributed by atoms with E-state index in [-0.39, 0.29) is 0 Å². The molecule has 0 saturated heterocycles. The van der Waals surface area contributed by atoms with Crippen molar-refractivity contribution < 1.29 is 4.74 Å². The highest BCUT2D eigenvalue weighted by Crippen LogP contribution is 2.26. The van der Waals surface area contributed by atoms with Crippen molar-refractivity contribution in [3.63, 3.8) is 0 Å². The van der Waals surface area contributed by atoms with Gasteiger partial charge in [0.25, 0.3) is 0 Å². The second kappa shape index (κ2) is 6.23. The van der Waals surface area contributed by atoms with Crippen molar-refractivity contribution in [1.82, 2.24) is 0 Å². The van der Waals surface area contributed by atoms with Crippen LogP contribution in [0.15, 0.2) is 24.3 Å². The smallest absolute Gasteiger partial charge is 0.0775 e. The second-order valence-electron chi connectivity index (χ2n) is 7.06. The minimum Gasteiger partial charge on any atom is -0.373 e. The zero-order chi connectivity index (χ0) is 13.9. The quantitative estimate of drug-likeness (QED) is 0.744. The first-order valence-corrected chi connectivity index (χ1v) is 11.2. The molecule has 106 valence electrons. The Hall–Kier alpha value is -0.603. The molecule has 0 heterocycles. The molecule has 0 amide bonds. The lowest BCUT2D eigenvalue weighted by Gasteiger charge is -2.28. The fourth-order valence-corrected chi connectivity index (χ4v) is 4.00. The lowest BCUT2D eigenvalue weighted by Crippen LogP contribution is -2.37. The molecule has 0 radical (unpaired) electrons. The number of hydrogen-bond donors (Lipinski definition) is 0. The van der Waals surface area contributed by atoms with Crippen molar-refractivity contribution in [1.29, 1.82) is 0 Å². The summed E-state index contributed by atoms with van der Waals surface area (Å²) >= 11 is 0. The van der Waals surface area contributed by atoms with E-state index in [1.165, 1.54) is 36.4 Å². The molecule has 0 bridgehead atoms. The van der Waals surface area contributed by atoms with Crippen molar-refractivity contribution in [3.8, 4) is 0 Å². The molecule has 2 heteroatoms. The minimum absolute atomic E-state index is 0.477. The maximum Gasteiger partial charge on any atom is 0.0775 e. The topological polar surface area (TPSA) is 9.23 Å². The molecule has 1 aliphatic carbocycles. The van der Waals surface area contributed by atoms with Gasteiger partial charge in [-0.2, -0.15) is 0 Å². The molecule has 2 rings (SSSR count). The summed E-state index contributed by atoms with van der Waals surface area (Å²) in [6.45, 7) is 10.3. The minimum atomic E-state index is -1.16. The maximum absolute atomic E-state index is 6.12. The van der Waals surface area contributed by atoms with Crippen LogP contribution in [-0.4, -0.2) is 14.2 Å². The number of ether oxygens (including phenoxy) is 1. The summed E-state index contributed by atoms with van der Waals surface area (Å²) in [5, 5.41) is 1.53. The molecule has 0 spiro atoms. The van der Waals surface area contributed by atoms with Gasteiger partial charge in [0.05, 0.1) is 20.8 Å². The van der Waals surface area contributed by atoms with Gasteiger partial charge in [0.1, 0.15) is 0 Å². The molecule has 1 aliphatic rings. The van der Waals surface area contributed by atoms with E-state index in [1.807, 2.05) is 0 Å². The van der Waals surface area contributed by atoms with Crippen LogP contribution in [0.1, 0.15) is 38.2 Å². The zero-order valence-electron chi connectivity index (χ0n) is 12.9. The predicted octanol–water partition coefficient (Wildman–Crippen LogP) is 4.33. The molecule has 0 N–H and O–H groups in total. The number of rotatable bonds is 4. The second-order valence-corrected chi connectivity index (χ2v) is 12.1. The molecular weight excluding hydrogens is 248 g/mol. The fourth-order valence-electron chi connectivity index (χ4n) is 2.83. The SMILES string of the molecule is CC1CCCCC1OCc1ccc([Si](C)(C)C)cc1. The van der Waals surface area contributed by atoms with Crippen molar-refractivity contribution in [2.24, 2.45) is 5.92 Å². The number of benzene rings is 1. The summed E-state index contributed by atoms with van der Waals surface area (Å²) in [6.07, 6.45) is 5.77. The van der Waals surface area contributed by atoms with E-state index in [1.54, 1.807) is 0 Å². The van der Waals surface area contributed by atoms with E-state index >= 15 is 0 Å².